The summed E-state index contributed by atoms with van der Waals surface area (Å²) in [7, 11) is 0. The van der Waals surface area contributed by atoms with Crippen molar-refractivity contribution in [3.8, 4) is 89.8 Å². The summed E-state index contributed by atoms with van der Waals surface area (Å²) in [6.07, 6.45) is 0. The van der Waals surface area contributed by atoms with Gasteiger partial charge in [0.05, 0.1) is 28.2 Å². The predicted molar refractivity (Wildman–Crippen MR) is 249 cm³/mol. The molecule has 2 aromatic heterocycles. The fourth-order valence-electron chi connectivity index (χ4n) is 9.77. The monoisotopic (exact) mass is 775 g/mol. The number of fused-ring (bicyclic) bond motifs is 10. The summed E-state index contributed by atoms with van der Waals surface area (Å²) in [5, 5.41) is 0. The van der Waals surface area contributed by atoms with E-state index >= 15 is 0 Å². The van der Waals surface area contributed by atoms with Crippen LogP contribution in [0.25, 0.3) is 89.8 Å². The van der Waals surface area contributed by atoms with Crippen LogP contribution in [0.4, 0.5) is 0 Å². The van der Waals surface area contributed by atoms with Gasteiger partial charge in [0, 0.05) is 33.4 Å². The fraction of sp³-hybridized carbons (Fsp3) is 0.0172. The molecule has 3 nitrogen and oxygen atoms in total. The molecule has 2 heterocycles. The van der Waals surface area contributed by atoms with Crippen LogP contribution in [0, 0.1) is 0 Å². The Morgan fingerprint density at radius 1 is 0.262 bits per heavy atom. The van der Waals surface area contributed by atoms with E-state index in [0.717, 1.165) is 78.7 Å². The van der Waals surface area contributed by atoms with Crippen molar-refractivity contribution in [2.24, 2.45) is 0 Å². The third-order valence-electron chi connectivity index (χ3n) is 12.5. The minimum absolute atomic E-state index is 0.565. The van der Waals surface area contributed by atoms with Crippen molar-refractivity contribution in [2.75, 3.05) is 0 Å². The van der Waals surface area contributed by atoms with Crippen molar-refractivity contribution < 1.29 is 0 Å². The molecule has 284 valence electrons. The predicted octanol–water partition coefficient (Wildman–Crippen LogP) is 14.2. The number of pyridine rings is 1. The van der Waals surface area contributed by atoms with Crippen molar-refractivity contribution in [1.82, 2.24) is 15.0 Å². The number of benzene rings is 8. The van der Waals surface area contributed by atoms with E-state index in [0.29, 0.717) is 0 Å². The molecule has 0 aliphatic heterocycles. The number of nitrogens with zero attached hydrogens (tertiary/aromatic N) is 3. The third-order valence-corrected chi connectivity index (χ3v) is 12.5. The van der Waals surface area contributed by atoms with Crippen LogP contribution in [-0.2, 0) is 5.41 Å². The molecule has 0 bridgehead atoms. The van der Waals surface area contributed by atoms with Crippen LogP contribution in [0.15, 0.2) is 224 Å². The minimum Gasteiger partial charge on any atom is -0.248 e. The zero-order valence-electron chi connectivity index (χ0n) is 33.2. The summed E-state index contributed by atoms with van der Waals surface area (Å²) in [5.74, 6) is 0.723. The molecule has 0 fully saturated rings. The van der Waals surface area contributed by atoms with Gasteiger partial charge in [-0.15, -0.1) is 0 Å². The highest BCUT2D eigenvalue weighted by Gasteiger charge is 2.54. The maximum Gasteiger partial charge on any atom is 0.160 e. The van der Waals surface area contributed by atoms with E-state index < -0.39 is 5.41 Å². The van der Waals surface area contributed by atoms with Gasteiger partial charge in [-0.1, -0.05) is 212 Å². The van der Waals surface area contributed by atoms with Crippen LogP contribution in [0.3, 0.4) is 0 Å². The van der Waals surface area contributed by atoms with Crippen LogP contribution in [0.5, 0.6) is 0 Å². The maximum absolute atomic E-state index is 5.52. The van der Waals surface area contributed by atoms with Gasteiger partial charge in [0.1, 0.15) is 0 Å². The second-order valence-corrected chi connectivity index (χ2v) is 15.9. The average Bonchev–Trinajstić information content (AvgIpc) is 3.82. The van der Waals surface area contributed by atoms with E-state index in [1.165, 1.54) is 33.4 Å². The maximum atomic E-state index is 5.52. The van der Waals surface area contributed by atoms with E-state index in [4.69, 9.17) is 15.0 Å². The third kappa shape index (κ3) is 5.55. The first-order valence-electron chi connectivity index (χ1n) is 20.9. The molecule has 2 aliphatic carbocycles. The largest absolute Gasteiger partial charge is 0.248 e. The molecule has 61 heavy (non-hydrogen) atoms. The lowest BCUT2D eigenvalue weighted by Crippen LogP contribution is -2.27. The molecule has 12 rings (SSSR count). The summed E-state index contributed by atoms with van der Waals surface area (Å²) in [6.45, 7) is 0. The first kappa shape index (κ1) is 35.0. The Hall–Kier alpha value is -8.01. The summed E-state index contributed by atoms with van der Waals surface area (Å²) in [5.41, 5.74) is 20.7. The topological polar surface area (TPSA) is 38.7 Å². The van der Waals surface area contributed by atoms with E-state index in [1.807, 2.05) is 12.1 Å². The summed E-state index contributed by atoms with van der Waals surface area (Å²) in [4.78, 5) is 16.1. The highest BCUT2D eigenvalue weighted by molar-refractivity contribution is 5.97. The molecule has 10 aromatic rings. The molecule has 2 aliphatic rings. The highest BCUT2D eigenvalue weighted by atomic mass is 14.9. The number of hydrogen-bond donors (Lipinski definition) is 0. The Balaban J connectivity index is 0.983. The van der Waals surface area contributed by atoms with Crippen molar-refractivity contribution in [3.63, 3.8) is 0 Å². The molecular weight excluding hydrogens is 739 g/mol. The molecule has 0 radical (unpaired) electrons. The quantitative estimate of drug-likeness (QED) is 0.169. The lowest BCUT2D eigenvalue weighted by atomic mass is 9.69. The van der Waals surface area contributed by atoms with E-state index in [1.54, 1.807) is 0 Å². The van der Waals surface area contributed by atoms with Crippen LogP contribution in [-0.4, -0.2) is 15.0 Å². The number of rotatable bonds is 6. The van der Waals surface area contributed by atoms with Crippen LogP contribution in [0.1, 0.15) is 22.3 Å². The molecule has 0 saturated carbocycles. The summed E-state index contributed by atoms with van der Waals surface area (Å²) >= 11 is 0. The molecule has 0 atom stereocenters. The lowest BCUT2D eigenvalue weighted by Gasteiger charge is -2.31. The molecule has 0 amide bonds. The molecule has 0 unspecified atom stereocenters. The first-order valence-corrected chi connectivity index (χ1v) is 20.9. The molecule has 0 saturated heterocycles. The van der Waals surface area contributed by atoms with Gasteiger partial charge in [-0.25, -0.2) is 15.0 Å². The number of hydrogen-bond acceptors (Lipinski definition) is 3. The van der Waals surface area contributed by atoms with Gasteiger partial charge in [-0.2, -0.15) is 0 Å². The second-order valence-electron chi connectivity index (χ2n) is 15.9. The number of aromatic nitrogens is 3. The standard InChI is InChI=1S/C58H37N3/c1-4-16-38(17-5-1)45-36-52(41-18-6-2-7-19-41)59-53(37-45)42-32-28-39(29-33-42)40-30-34-43(35-31-40)55-54-56(61-57(60-55)44-20-8-3-9-21-44)48-24-12-15-27-51(48)58(54)49-25-13-10-22-46(49)47-23-11-14-26-50(47)58/h1-37H. The fourth-order valence-corrected chi connectivity index (χ4v) is 9.77. The van der Waals surface area contributed by atoms with Crippen molar-refractivity contribution in [3.05, 3.63) is 247 Å². The Bertz CT molecular complexity index is 3160. The molecule has 1 spiro atoms. The smallest absolute Gasteiger partial charge is 0.160 e. The van der Waals surface area contributed by atoms with Crippen molar-refractivity contribution in [1.29, 1.82) is 0 Å². The summed E-state index contributed by atoms with van der Waals surface area (Å²) in [6, 6.07) is 80.0. The zero-order chi connectivity index (χ0) is 40.3. The van der Waals surface area contributed by atoms with Crippen LogP contribution in [0.2, 0.25) is 0 Å². The van der Waals surface area contributed by atoms with Crippen LogP contribution < -0.4 is 0 Å². The van der Waals surface area contributed by atoms with E-state index in [2.05, 4.69) is 212 Å². The Kier molecular flexibility index (Phi) is 8.07. The van der Waals surface area contributed by atoms with Gasteiger partial charge in [-0.3, -0.25) is 0 Å². The Morgan fingerprint density at radius 3 is 1.20 bits per heavy atom. The molecule has 0 N–H and O–H groups in total. The Morgan fingerprint density at radius 2 is 0.639 bits per heavy atom. The van der Waals surface area contributed by atoms with Crippen molar-refractivity contribution >= 4 is 0 Å². The normalized spacial score (nSPS) is 12.7. The SMILES string of the molecule is c1ccc(-c2cc(-c3ccccc3)nc(-c3ccc(-c4ccc(-c5nc(-c6ccccc6)nc6c5C5(c7ccccc7-c7ccccc75)c5ccccc5-6)cc4)cc3)c2)cc1. The van der Waals surface area contributed by atoms with E-state index in [-0.39, 0.29) is 0 Å². The van der Waals surface area contributed by atoms with Gasteiger partial charge in [-0.05, 0) is 62.2 Å². The molecule has 8 aromatic carbocycles. The van der Waals surface area contributed by atoms with Crippen LogP contribution >= 0.6 is 0 Å². The first-order chi connectivity index (χ1) is 30.2. The Labute approximate surface area is 355 Å². The summed E-state index contributed by atoms with van der Waals surface area (Å²) < 4.78 is 0. The van der Waals surface area contributed by atoms with Gasteiger partial charge < -0.3 is 0 Å². The van der Waals surface area contributed by atoms with Gasteiger partial charge in [0.2, 0.25) is 0 Å². The molecular formula is C58H37N3. The second kappa shape index (κ2) is 14.1. The van der Waals surface area contributed by atoms with Gasteiger partial charge in [0.15, 0.2) is 5.82 Å². The van der Waals surface area contributed by atoms with Gasteiger partial charge in [0.25, 0.3) is 0 Å². The minimum atomic E-state index is -0.565. The lowest BCUT2D eigenvalue weighted by molar-refractivity contribution is 0.788. The average molecular weight is 776 g/mol. The molecule has 3 heteroatoms. The van der Waals surface area contributed by atoms with Crippen molar-refractivity contribution in [2.45, 2.75) is 5.41 Å². The van der Waals surface area contributed by atoms with E-state index in [9.17, 15) is 0 Å². The highest BCUT2D eigenvalue weighted by Crippen LogP contribution is 2.64. The zero-order valence-corrected chi connectivity index (χ0v) is 33.2. The van der Waals surface area contributed by atoms with Gasteiger partial charge >= 0.3 is 0 Å².